The predicted molar refractivity (Wildman–Crippen MR) is 93.2 cm³/mol. The van der Waals surface area contributed by atoms with Crippen molar-refractivity contribution < 1.29 is 9.18 Å². The molecule has 1 N–H and O–H groups in total. The minimum Gasteiger partial charge on any atom is -0.341 e. The number of hydrogen-bond acceptors (Lipinski definition) is 3. The number of amides is 1. The zero-order chi connectivity index (χ0) is 17.1. The highest BCUT2D eigenvalue weighted by Gasteiger charge is 2.35. The number of hydrogen-bond donors (Lipinski definition) is 1. The van der Waals surface area contributed by atoms with Crippen LogP contribution in [0.25, 0.3) is 0 Å². The summed E-state index contributed by atoms with van der Waals surface area (Å²) < 4.78 is 13.3. The van der Waals surface area contributed by atoms with Crippen LogP contribution in [0, 0.1) is 11.7 Å². The van der Waals surface area contributed by atoms with Crippen LogP contribution in [0.15, 0.2) is 24.3 Å². The maximum absolute atomic E-state index is 13.3. The van der Waals surface area contributed by atoms with Gasteiger partial charge in [-0.25, -0.2) is 4.39 Å². The molecule has 5 heteroatoms. The van der Waals surface area contributed by atoms with Crippen LogP contribution in [0.2, 0.25) is 0 Å². The van der Waals surface area contributed by atoms with Gasteiger partial charge in [0.15, 0.2) is 0 Å². The van der Waals surface area contributed by atoms with Crippen molar-refractivity contribution in [2.75, 3.05) is 32.7 Å². The van der Waals surface area contributed by atoms with Gasteiger partial charge in [0.05, 0.1) is 0 Å². The molecule has 2 unspecified atom stereocenters. The van der Waals surface area contributed by atoms with E-state index in [0.717, 1.165) is 51.1 Å². The highest BCUT2D eigenvalue weighted by atomic mass is 19.1. The molecule has 4 nitrogen and oxygen atoms in total. The molecule has 2 aliphatic rings. The van der Waals surface area contributed by atoms with Gasteiger partial charge >= 0.3 is 0 Å². The molecule has 2 fully saturated rings. The van der Waals surface area contributed by atoms with Crippen LogP contribution in [0.4, 0.5) is 4.39 Å². The monoisotopic (exact) mass is 333 g/mol. The quantitative estimate of drug-likeness (QED) is 0.923. The molecule has 0 bridgehead atoms. The molecule has 0 saturated carbocycles. The highest BCUT2D eigenvalue weighted by molar-refractivity contribution is 5.83. The molecule has 0 aliphatic carbocycles. The molecule has 1 aromatic rings. The first kappa shape index (κ1) is 17.4. The van der Waals surface area contributed by atoms with Gasteiger partial charge in [0.2, 0.25) is 5.91 Å². The molecule has 24 heavy (non-hydrogen) atoms. The second-order valence-electron chi connectivity index (χ2n) is 7.25. The lowest BCUT2D eigenvalue weighted by molar-refractivity contribution is -0.140. The lowest BCUT2D eigenvalue weighted by atomic mass is 9.96. The van der Waals surface area contributed by atoms with Gasteiger partial charge in [0.25, 0.3) is 0 Å². The number of nitrogens with one attached hydrogen (secondary N) is 1. The summed E-state index contributed by atoms with van der Waals surface area (Å²) in [6.07, 6.45) is 2.14. The Morgan fingerprint density at radius 2 is 1.83 bits per heavy atom. The largest absolute Gasteiger partial charge is 0.341 e. The summed E-state index contributed by atoms with van der Waals surface area (Å²) in [6.45, 7) is 8.65. The van der Waals surface area contributed by atoms with E-state index in [0.29, 0.717) is 5.92 Å². The van der Waals surface area contributed by atoms with Crippen molar-refractivity contribution in [3.05, 3.63) is 35.6 Å². The Kier molecular flexibility index (Phi) is 5.51. The molecule has 1 aromatic carbocycles. The third kappa shape index (κ3) is 3.78. The second kappa shape index (κ2) is 7.62. The van der Waals surface area contributed by atoms with Crippen molar-refractivity contribution in [2.24, 2.45) is 5.92 Å². The third-order valence-corrected chi connectivity index (χ3v) is 5.40. The number of rotatable bonds is 3. The van der Waals surface area contributed by atoms with Crippen molar-refractivity contribution in [1.82, 2.24) is 15.1 Å². The maximum atomic E-state index is 13.3. The Balaban J connectivity index is 1.86. The Bertz CT molecular complexity index is 554. The molecule has 132 valence electrons. The number of likely N-dealkylation sites (tertiary alicyclic amines) is 1. The van der Waals surface area contributed by atoms with E-state index in [1.807, 2.05) is 4.90 Å². The standard InChI is InChI=1S/C19H28FN3O/c1-14-7-10-22(11-8-14)19(24)18(16-3-5-17(20)6-4-16)23-12-9-21-13-15(23)2/h3-6,14-15,18,21H,7-13H2,1-2H3. The van der Waals surface area contributed by atoms with Crippen LogP contribution >= 0.6 is 0 Å². The van der Waals surface area contributed by atoms with E-state index in [4.69, 9.17) is 0 Å². The SMILES string of the molecule is CC1CCN(C(=O)C(c2ccc(F)cc2)N2CCNCC2C)CC1. The van der Waals surface area contributed by atoms with Crippen molar-refractivity contribution >= 4 is 5.91 Å². The van der Waals surface area contributed by atoms with Crippen LogP contribution < -0.4 is 5.32 Å². The van der Waals surface area contributed by atoms with Gasteiger partial charge < -0.3 is 10.2 Å². The predicted octanol–water partition coefficient (Wildman–Crippen LogP) is 2.42. The van der Waals surface area contributed by atoms with Gasteiger partial charge in [-0.15, -0.1) is 0 Å². The molecule has 2 aliphatic heterocycles. The fraction of sp³-hybridized carbons (Fsp3) is 0.632. The molecule has 3 rings (SSSR count). The topological polar surface area (TPSA) is 35.6 Å². The first-order valence-corrected chi connectivity index (χ1v) is 9.07. The van der Waals surface area contributed by atoms with Crippen molar-refractivity contribution in [3.63, 3.8) is 0 Å². The number of carbonyl (C=O) groups is 1. The van der Waals surface area contributed by atoms with E-state index in [9.17, 15) is 9.18 Å². The first-order valence-electron chi connectivity index (χ1n) is 9.07. The molecule has 0 aromatic heterocycles. The molecule has 1 amide bonds. The zero-order valence-electron chi connectivity index (χ0n) is 14.7. The number of benzene rings is 1. The van der Waals surface area contributed by atoms with Crippen LogP contribution in [-0.2, 0) is 4.79 Å². The number of nitrogens with zero attached hydrogens (tertiary/aromatic N) is 2. The summed E-state index contributed by atoms with van der Waals surface area (Å²) in [4.78, 5) is 17.6. The molecular formula is C19H28FN3O. The minimum atomic E-state index is -0.309. The van der Waals surface area contributed by atoms with Gasteiger partial charge in [-0.2, -0.15) is 0 Å². The molecule has 0 spiro atoms. The minimum absolute atomic E-state index is 0.169. The second-order valence-corrected chi connectivity index (χ2v) is 7.25. The fourth-order valence-corrected chi connectivity index (χ4v) is 3.76. The molecule has 2 saturated heterocycles. The van der Waals surface area contributed by atoms with Gasteiger partial charge in [-0.1, -0.05) is 19.1 Å². The summed E-state index contributed by atoms with van der Waals surface area (Å²) in [5, 5.41) is 3.38. The number of halogens is 1. The average molecular weight is 333 g/mol. The lowest BCUT2D eigenvalue weighted by Crippen LogP contribution is -2.55. The van der Waals surface area contributed by atoms with Crippen LogP contribution in [0.5, 0.6) is 0 Å². The fourth-order valence-electron chi connectivity index (χ4n) is 3.76. The smallest absolute Gasteiger partial charge is 0.244 e. The lowest BCUT2D eigenvalue weighted by Gasteiger charge is -2.42. The Hall–Kier alpha value is -1.46. The first-order chi connectivity index (χ1) is 11.6. The van der Waals surface area contributed by atoms with E-state index in [2.05, 4.69) is 24.1 Å². The Morgan fingerprint density at radius 3 is 2.46 bits per heavy atom. The van der Waals surface area contributed by atoms with Crippen LogP contribution in [0.1, 0.15) is 38.3 Å². The molecule has 0 radical (unpaired) electrons. The third-order valence-electron chi connectivity index (χ3n) is 5.40. The zero-order valence-corrected chi connectivity index (χ0v) is 14.7. The summed E-state index contributed by atoms with van der Waals surface area (Å²) in [5.74, 6) is 0.601. The van der Waals surface area contributed by atoms with Gasteiger partial charge in [-0.3, -0.25) is 9.69 Å². The van der Waals surface area contributed by atoms with Gasteiger partial charge in [0, 0.05) is 38.8 Å². The summed E-state index contributed by atoms with van der Waals surface area (Å²) >= 11 is 0. The maximum Gasteiger partial charge on any atom is 0.244 e. The Morgan fingerprint density at radius 1 is 1.17 bits per heavy atom. The number of piperazine rings is 1. The van der Waals surface area contributed by atoms with Crippen LogP contribution in [-0.4, -0.2) is 54.5 Å². The summed E-state index contributed by atoms with van der Waals surface area (Å²) in [5.41, 5.74) is 0.897. The number of carbonyl (C=O) groups excluding carboxylic acids is 1. The van der Waals surface area contributed by atoms with Crippen LogP contribution in [0.3, 0.4) is 0 Å². The van der Waals surface area contributed by atoms with Crippen molar-refractivity contribution in [3.8, 4) is 0 Å². The van der Waals surface area contributed by atoms with Gasteiger partial charge in [-0.05, 0) is 43.4 Å². The molecule has 2 atom stereocenters. The normalized spacial score (nSPS) is 24.8. The average Bonchev–Trinajstić information content (AvgIpc) is 2.59. The molecule has 2 heterocycles. The Labute approximate surface area is 144 Å². The van der Waals surface area contributed by atoms with Crippen molar-refractivity contribution in [2.45, 2.75) is 38.8 Å². The number of piperidine rings is 1. The van der Waals surface area contributed by atoms with E-state index in [1.165, 1.54) is 12.1 Å². The van der Waals surface area contributed by atoms with E-state index < -0.39 is 0 Å². The van der Waals surface area contributed by atoms with Gasteiger partial charge in [0.1, 0.15) is 11.9 Å². The van der Waals surface area contributed by atoms with Crippen molar-refractivity contribution in [1.29, 1.82) is 0 Å². The highest BCUT2D eigenvalue weighted by Crippen LogP contribution is 2.28. The molecular weight excluding hydrogens is 305 g/mol. The van der Waals surface area contributed by atoms with E-state index in [1.54, 1.807) is 12.1 Å². The summed E-state index contributed by atoms with van der Waals surface area (Å²) in [7, 11) is 0. The van der Waals surface area contributed by atoms with E-state index >= 15 is 0 Å². The van der Waals surface area contributed by atoms with E-state index in [-0.39, 0.29) is 23.8 Å². The summed E-state index contributed by atoms with van der Waals surface area (Å²) in [6, 6.07) is 6.41.